The highest BCUT2D eigenvalue weighted by Gasteiger charge is 2.27. The molecule has 0 amide bonds. The summed E-state index contributed by atoms with van der Waals surface area (Å²) in [6, 6.07) is 6.61. The summed E-state index contributed by atoms with van der Waals surface area (Å²) in [7, 11) is 0. The number of aryl methyl sites for hydroxylation is 1. The summed E-state index contributed by atoms with van der Waals surface area (Å²) < 4.78 is 5.49. The average molecular weight is 540 g/mol. The molecule has 1 aromatic carbocycles. The molecule has 2 fully saturated rings. The number of hydrogen-bond donors (Lipinski definition) is 2. The van der Waals surface area contributed by atoms with E-state index in [1.165, 1.54) is 35.0 Å². The summed E-state index contributed by atoms with van der Waals surface area (Å²) in [6.07, 6.45) is 5.44. The van der Waals surface area contributed by atoms with Crippen molar-refractivity contribution in [3.8, 4) is 0 Å². The van der Waals surface area contributed by atoms with E-state index in [0.717, 1.165) is 77.2 Å². The summed E-state index contributed by atoms with van der Waals surface area (Å²) >= 11 is 0. The fourth-order valence-electron chi connectivity index (χ4n) is 4.81. The molecule has 2 N–H and O–H groups in total. The normalized spacial score (nSPS) is 20.3. The number of ether oxygens (including phenoxy) is 1. The van der Waals surface area contributed by atoms with Crippen LogP contribution in [0.4, 0.5) is 0 Å². The number of nitrogens with zero attached hydrogens (tertiary/aromatic N) is 3. The van der Waals surface area contributed by atoms with Crippen LogP contribution in [0, 0.1) is 5.92 Å². The van der Waals surface area contributed by atoms with Crippen LogP contribution in [0.3, 0.4) is 0 Å². The average Bonchev–Trinajstić information content (AvgIpc) is 3.41. The lowest BCUT2D eigenvalue weighted by Gasteiger charge is -2.29. The second-order valence-electron chi connectivity index (χ2n) is 8.51. The number of hydrogen-bond acceptors (Lipinski definition) is 3. The van der Waals surface area contributed by atoms with Gasteiger partial charge < -0.3 is 19.9 Å². The summed E-state index contributed by atoms with van der Waals surface area (Å²) in [5, 5.41) is 4.87. The molecule has 1 aromatic heterocycles. The molecule has 31 heavy (non-hydrogen) atoms. The van der Waals surface area contributed by atoms with Gasteiger partial charge >= 0.3 is 0 Å². The van der Waals surface area contributed by atoms with Gasteiger partial charge in [0.15, 0.2) is 5.96 Å². The van der Waals surface area contributed by atoms with Gasteiger partial charge in [-0.3, -0.25) is 9.89 Å². The molecule has 2 aromatic rings. The minimum absolute atomic E-state index is 0. The molecule has 0 spiro atoms. The zero-order chi connectivity index (χ0) is 20.8. The first-order chi connectivity index (χ1) is 14.8. The minimum atomic E-state index is 0. The first kappa shape index (κ1) is 24.3. The fourth-order valence-corrected chi connectivity index (χ4v) is 4.81. The number of aromatic nitrogens is 1. The van der Waals surface area contributed by atoms with E-state index in [9.17, 15) is 0 Å². The topological polar surface area (TPSA) is 55.9 Å². The molecule has 3 heterocycles. The zero-order valence-corrected chi connectivity index (χ0v) is 21.4. The number of nitrogens with one attached hydrogen (secondary N) is 2. The molecule has 0 bridgehead atoms. The number of para-hydroxylation sites is 1. The number of likely N-dealkylation sites (tertiary alicyclic amines) is 1. The Morgan fingerprint density at radius 2 is 2.03 bits per heavy atom. The lowest BCUT2D eigenvalue weighted by Crippen LogP contribution is -2.42. The van der Waals surface area contributed by atoms with E-state index in [2.05, 4.69) is 58.3 Å². The highest BCUT2D eigenvalue weighted by Crippen LogP contribution is 2.23. The largest absolute Gasteiger partial charge is 0.379 e. The van der Waals surface area contributed by atoms with Crippen molar-refractivity contribution in [2.75, 3.05) is 59.0 Å². The third-order valence-corrected chi connectivity index (χ3v) is 6.45. The molecular formula is C24H38IN5O. The molecule has 2 aliphatic heterocycles. The van der Waals surface area contributed by atoms with E-state index in [4.69, 9.17) is 9.73 Å². The monoisotopic (exact) mass is 539 g/mol. The molecule has 0 saturated carbocycles. The van der Waals surface area contributed by atoms with Gasteiger partial charge in [0.2, 0.25) is 0 Å². The Hall–Kier alpha value is -1.32. The van der Waals surface area contributed by atoms with Crippen molar-refractivity contribution in [1.82, 2.24) is 20.1 Å². The van der Waals surface area contributed by atoms with E-state index in [1.54, 1.807) is 0 Å². The smallest absolute Gasteiger partial charge is 0.193 e. The summed E-state index contributed by atoms with van der Waals surface area (Å²) in [5.74, 6) is 1.81. The van der Waals surface area contributed by atoms with E-state index in [1.807, 2.05) is 0 Å². The number of benzene rings is 1. The lowest BCUT2D eigenvalue weighted by atomic mass is 10.1. The molecule has 2 saturated heterocycles. The van der Waals surface area contributed by atoms with Crippen molar-refractivity contribution in [3.05, 3.63) is 35.5 Å². The number of aromatic amines is 1. The van der Waals surface area contributed by atoms with Crippen LogP contribution in [0.5, 0.6) is 0 Å². The number of guanidine groups is 1. The van der Waals surface area contributed by atoms with Gasteiger partial charge in [0.05, 0.1) is 13.2 Å². The van der Waals surface area contributed by atoms with Crippen molar-refractivity contribution in [2.24, 2.45) is 10.9 Å². The Kier molecular flexibility index (Phi) is 9.47. The first-order valence-corrected chi connectivity index (χ1v) is 11.7. The molecule has 172 valence electrons. The van der Waals surface area contributed by atoms with Crippen molar-refractivity contribution in [1.29, 1.82) is 0 Å². The van der Waals surface area contributed by atoms with Crippen LogP contribution in [0.25, 0.3) is 10.9 Å². The fraction of sp³-hybridized carbons (Fsp3) is 0.625. The molecule has 0 aliphatic carbocycles. The SMILES string of the molecule is CCNC(=NCCc1c[nH]c2c(CC)cccc12)N1CCC(CN2CCOCC2)C1.I. The highest BCUT2D eigenvalue weighted by molar-refractivity contribution is 14.0. The van der Waals surface area contributed by atoms with Gasteiger partial charge in [-0.25, -0.2) is 0 Å². The summed E-state index contributed by atoms with van der Waals surface area (Å²) in [5.41, 5.74) is 4.04. The number of halogens is 1. The molecule has 4 rings (SSSR count). The van der Waals surface area contributed by atoms with Gasteiger partial charge in [-0.1, -0.05) is 25.1 Å². The number of rotatable bonds is 7. The van der Waals surface area contributed by atoms with Crippen LogP contribution < -0.4 is 5.32 Å². The summed E-state index contributed by atoms with van der Waals surface area (Å²) in [6.45, 7) is 13.4. The van der Waals surface area contributed by atoms with E-state index < -0.39 is 0 Å². The Bertz CT molecular complexity index is 846. The standard InChI is InChI=1S/C24H37N5O.HI/c1-3-20-6-5-7-22-21(16-27-23(20)22)8-10-26-24(25-4-2)29-11-9-19(18-29)17-28-12-14-30-15-13-28;/h5-7,16,19,27H,3-4,8-15,17-18H2,1-2H3,(H,25,26);1H. The van der Waals surface area contributed by atoms with E-state index in [0.29, 0.717) is 0 Å². The van der Waals surface area contributed by atoms with Gasteiger partial charge in [-0.2, -0.15) is 0 Å². The molecule has 1 atom stereocenters. The van der Waals surface area contributed by atoms with Crippen LogP contribution in [-0.2, 0) is 17.6 Å². The summed E-state index contributed by atoms with van der Waals surface area (Å²) in [4.78, 5) is 13.5. The maximum Gasteiger partial charge on any atom is 0.193 e. The van der Waals surface area contributed by atoms with E-state index >= 15 is 0 Å². The number of aliphatic imine (C=N–C) groups is 1. The van der Waals surface area contributed by atoms with Gasteiger partial charge in [-0.15, -0.1) is 24.0 Å². The van der Waals surface area contributed by atoms with Crippen molar-refractivity contribution < 1.29 is 4.74 Å². The lowest BCUT2D eigenvalue weighted by molar-refractivity contribution is 0.0315. The Morgan fingerprint density at radius 1 is 1.19 bits per heavy atom. The Morgan fingerprint density at radius 3 is 2.81 bits per heavy atom. The zero-order valence-electron chi connectivity index (χ0n) is 19.0. The highest BCUT2D eigenvalue weighted by atomic mass is 127. The minimum Gasteiger partial charge on any atom is -0.379 e. The third kappa shape index (κ3) is 6.14. The van der Waals surface area contributed by atoms with E-state index in [-0.39, 0.29) is 24.0 Å². The first-order valence-electron chi connectivity index (χ1n) is 11.7. The van der Waals surface area contributed by atoms with Crippen molar-refractivity contribution in [3.63, 3.8) is 0 Å². The quantitative estimate of drug-likeness (QED) is 0.322. The predicted molar refractivity (Wildman–Crippen MR) is 140 cm³/mol. The molecular weight excluding hydrogens is 501 g/mol. The van der Waals surface area contributed by atoms with Crippen molar-refractivity contribution >= 4 is 40.8 Å². The maximum atomic E-state index is 5.49. The molecule has 7 heteroatoms. The molecule has 1 unspecified atom stereocenters. The van der Waals surface area contributed by atoms with Gasteiger partial charge in [0.25, 0.3) is 0 Å². The molecule has 6 nitrogen and oxygen atoms in total. The van der Waals surface area contributed by atoms with Crippen LogP contribution in [-0.4, -0.2) is 79.8 Å². The second kappa shape index (κ2) is 12.1. The van der Waals surface area contributed by atoms with Crippen LogP contribution in [0.15, 0.2) is 29.4 Å². The van der Waals surface area contributed by atoms with Gasteiger partial charge in [-0.05, 0) is 43.2 Å². The van der Waals surface area contributed by atoms with Crippen LogP contribution in [0.2, 0.25) is 0 Å². The second-order valence-corrected chi connectivity index (χ2v) is 8.51. The molecule has 0 radical (unpaired) electrons. The predicted octanol–water partition coefficient (Wildman–Crippen LogP) is 3.51. The van der Waals surface area contributed by atoms with Crippen LogP contribution >= 0.6 is 24.0 Å². The van der Waals surface area contributed by atoms with Crippen LogP contribution in [0.1, 0.15) is 31.4 Å². The number of H-pyrrole nitrogens is 1. The van der Waals surface area contributed by atoms with Gasteiger partial charge in [0.1, 0.15) is 0 Å². The molecule has 2 aliphatic rings. The maximum absolute atomic E-state index is 5.49. The Labute approximate surface area is 203 Å². The Balaban J connectivity index is 0.00000272. The van der Waals surface area contributed by atoms with Crippen molar-refractivity contribution in [2.45, 2.75) is 33.1 Å². The third-order valence-electron chi connectivity index (χ3n) is 6.45. The number of fused-ring (bicyclic) bond motifs is 1. The van der Waals surface area contributed by atoms with Gasteiger partial charge in [0, 0.05) is 62.9 Å². The number of morpholine rings is 1.